The van der Waals surface area contributed by atoms with Crippen LogP contribution in [0.1, 0.15) is 10.4 Å². The van der Waals surface area contributed by atoms with Gasteiger partial charge in [-0.2, -0.15) is 0 Å². The highest BCUT2D eigenvalue weighted by atomic mass is 32.2. The van der Waals surface area contributed by atoms with Gasteiger partial charge in [0.05, 0.1) is 4.90 Å². The number of anilines is 2. The summed E-state index contributed by atoms with van der Waals surface area (Å²) in [6.45, 7) is 0. The Balaban J connectivity index is 1.48. The standard InChI is InChI=1S/C22H16N2O5S/c25-21-13-8-16-14-18(11-12-20(16)29-21)23-22(26)15-6-9-17(10-7-15)24-30(27,28)19-4-2-1-3-5-19/h1-14,24H,(H,23,26). The second-order valence-electron chi connectivity index (χ2n) is 6.46. The summed E-state index contributed by atoms with van der Waals surface area (Å²) in [5.41, 5.74) is 1.22. The molecule has 30 heavy (non-hydrogen) atoms. The average Bonchev–Trinajstić information content (AvgIpc) is 2.75. The van der Waals surface area contributed by atoms with Crippen LogP contribution in [-0.4, -0.2) is 14.3 Å². The molecule has 7 nitrogen and oxygen atoms in total. The molecule has 0 bridgehead atoms. The van der Waals surface area contributed by atoms with Crippen LogP contribution in [0.5, 0.6) is 0 Å². The van der Waals surface area contributed by atoms with Crippen LogP contribution in [-0.2, 0) is 10.0 Å². The third-order valence-corrected chi connectivity index (χ3v) is 5.73. The fraction of sp³-hybridized carbons (Fsp3) is 0. The Kier molecular flexibility index (Phi) is 5.07. The highest BCUT2D eigenvalue weighted by Gasteiger charge is 2.14. The summed E-state index contributed by atoms with van der Waals surface area (Å²) in [4.78, 5) is 23.9. The maximum Gasteiger partial charge on any atom is 0.336 e. The Morgan fingerprint density at radius 2 is 1.50 bits per heavy atom. The van der Waals surface area contributed by atoms with Crippen molar-refractivity contribution in [2.75, 3.05) is 10.0 Å². The van der Waals surface area contributed by atoms with E-state index in [1.807, 2.05) is 0 Å². The van der Waals surface area contributed by atoms with Gasteiger partial charge in [0.2, 0.25) is 0 Å². The largest absolute Gasteiger partial charge is 0.423 e. The van der Waals surface area contributed by atoms with Crippen molar-refractivity contribution in [3.63, 3.8) is 0 Å². The Morgan fingerprint density at radius 1 is 0.800 bits per heavy atom. The Hall–Kier alpha value is -3.91. The highest BCUT2D eigenvalue weighted by Crippen LogP contribution is 2.20. The highest BCUT2D eigenvalue weighted by molar-refractivity contribution is 7.92. The van der Waals surface area contributed by atoms with Gasteiger partial charge in [-0.3, -0.25) is 9.52 Å². The minimum Gasteiger partial charge on any atom is -0.423 e. The average molecular weight is 420 g/mol. The SMILES string of the molecule is O=C(Nc1ccc2oc(=O)ccc2c1)c1ccc(NS(=O)(=O)c2ccccc2)cc1. The van der Waals surface area contributed by atoms with Crippen LogP contribution >= 0.6 is 0 Å². The fourth-order valence-corrected chi connectivity index (χ4v) is 3.94. The second-order valence-corrected chi connectivity index (χ2v) is 8.14. The van der Waals surface area contributed by atoms with Gasteiger partial charge >= 0.3 is 5.63 Å². The van der Waals surface area contributed by atoms with Crippen LogP contribution in [0, 0.1) is 0 Å². The monoisotopic (exact) mass is 420 g/mol. The summed E-state index contributed by atoms with van der Waals surface area (Å²) in [7, 11) is -3.70. The minimum atomic E-state index is -3.70. The number of sulfonamides is 1. The number of benzene rings is 3. The third-order valence-electron chi connectivity index (χ3n) is 4.33. The number of fused-ring (bicyclic) bond motifs is 1. The van der Waals surface area contributed by atoms with Crippen LogP contribution in [0.25, 0.3) is 11.0 Å². The zero-order chi connectivity index (χ0) is 21.1. The molecule has 2 N–H and O–H groups in total. The van der Waals surface area contributed by atoms with E-state index in [0.29, 0.717) is 27.9 Å². The maximum absolute atomic E-state index is 12.5. The molecule has 0 atom stereocenters. The minimum absolute atomic E-state index is 0.152. The maximum atomic E-state index is 12.5. The van der Waals surface area contributed by atoms with Gasteiger partial charge < -0.3 is 9.73 Å². The van der Waals surface area contributed by atoms with Gasteiger partial charge in [0.15, 0.2) is 0 Å². The van der Waals surface area contributed by atoms with Crippen molar-refractivity contribution in [2.45, 2.75) is 4.90 Å². The van der Waals surface area contributed by atoms with Crippen LogP contribution in [0.2, 0.25) is 0 Å². The van der Waals surface area contributed by atoms with Crippen molar-refractivity contribution in [3.05, 3.63) is 101 Å². The van der Waals surface area contributed by atoms with Gasteiger partial charge in [-0.1, -0.05) is 18.2 Å². The summed E-state index contributed by atoms with van der Waals surface area (Å²) in [6.07, 6.45) is 0. The molecular weight excluding hydrogens is 404 g/mol. The number of amides is 1. The Bertz CT molecular complexity index is 1380. The molecular formula is C22H16N2O5S. The molecule has 0 unspecified atom stereocenters. The van der Waals surface area contributed by atoms with Crippen molar-refractivity contribution < 1.29 is 17.6 Å². The quantitative estimate of drug-likeness (QED) is 0.477. The topological polar surface area (TPSA) is 105 Å². The molecule has 3 aromatic carbocycles. The van der Waals surface area contributed by atoms with Gasteiger partial charge in [0.1, 0.15) is 5.58 Å². The van der Waals surface area contributed by atoms with Crippen molar-refractivity contribution in [3.8, 4) is 0 Å². The fourth-order valence-electron chi connectivity index (χ4n) is 2.86. The first-order valence-electron chi connectivity index (χ1n) is 8.94. The normalized spacial score (nSPS) is 11.2. The lowest BCUT2D eigenvalue weighted by Crippen LogP contribution is -2.14. The molecule has 0 aliphatic carbocycles. The lowest BCUT2D eigenvalue weighted by Gasteiger charge is -2.09. The molecule has 0 radical (unpaired) electrons. The van der Waals surface area contributed by atoms with E-state index >= 15 is 0 Å². The predicted molar refractivity (Wildman–Crippen MR) is 114 cm³/mol. The van der Waals surface area contributed by atoms with Gasteiger partial charge in [0, 0.05) is 28.4 Å². The number of hydrogen-bond acceptors (Lipinski definition) is 5. The summed E-state index contributed by atoms with van der Waals surface area (Å²) >= 11 is 0. The van der Waals surface area contributed by atoms with E-state index in [9.17, 15) is 18.0 Å². The van der Waals surface area contributed by atoms with E-state index < -0.39 is 15.6 Å². The molecule has 4 aromatic rings. The lowest BCUT2D eigenvalue weighted by molar-refractivity contribution is 0.102. The van der Waals surface area contributed by atoms with Crippen molar-refractivity contribution in [1.82, 2.24) is 0 Å². The zero-order valence-electron chi connectivity index (χ0n) is 15.5. The number of rotatable bonds is 5. The van der Waals surface area contributed by atoms with E-state index in [-0.39, 0.29) is 10.8 Å². The molecule has 4 rings (SSSR count). The molecule has 1 aromatic heterocycles. The zero-order valence-corrected chi connectivity index (χ0v) is 16.3. The van der Waals surface area contributed by atoms with E-state index in [1.54, 1.807) is 42.5 Å². The van der Waals surface area contributed by atoms with Gasteiger partial charge in [-0.15, -0.1) is 0 Å². The molecule has 1 heterocycles. The number of carbonyl (C=O) groups excluding carboxylic acids is 1. The lowest BCUT2D eigenvalue weighted by atomic mass is 10.1. The third kappa shape index (κ3) is 4.23. The van der Waals surface area contributed by atoms with Crippen LogP contribution < -0.4 is 15.7 Å². The van der Waals surface area contributed by atoms with E-state index in [0.717, 1.165) is 0 Å². The van der Waals surface area contributed by atoms with E-state index in [4.69, 9.17) is 4.42 Å². The van der Waals surface area contributed by atoms with E-state index in [1.165, 1.54) is 42.5 Å². The molecule has 0 fully saturated rings. The number of hydrogen-bond donors (Lipinski definition) is 2. The molecule has 0 aliphatic rings. The molecule has 0 saturated heterocycles. The summed E-state index contributed by atoms with van der Waals surface area (Å²) < 4.78 is 32.3. The Labute approximate surface area is 172 Å². The van der Waals surface area contributed by atoms with Crippen LogP contribution in [0.3, 0.4) is 0 Å². The molecule has 1 amide bonds. The number of nitrogens with one attached hydrogen (secondary N) is 2. The Morgan fingerprint density at radius 3 is 2.23 bits per heavy atom. The molecule has 150 valence electrons. The van der Waals surface area contributed by atoms with Crippen molar-refractivity contribution >= 4 is 38.3 Å². The van der Waals surface area contributed by atoms with Crippen LogP contribution in [0.15, 0.2) is 99.0 Å². The second kappa shape index (κ2) is 7.84. The van der Waals surface area contributed by atoms with Crippen molar-refractivity contribution in [2.24, 2.45) is 0 Å². The molecule has 0 aliphatic heterocycles. The van der Waals surface area contributed by atoms with Gasteiger partial charge in [0.25, 0.3) is 15.9 Å². The first kappa shape index (κ1) is 19.4. The first-order valence-corrected chi connectivity index (χ1v) is 10.4. The summed E-state index contributed by atoms with van der Waals surface area (Å²) in [5, 5.41) is 3.44. The molecule has 0 saturated carbocycles. The summed E-state index contributed by atoms with van der Waals surface area (Å²) in [6, 6.07) is 22.0. The summed E-state index contributed by atoms with van der Waals surface area (Å²) in [5.74, 6) is -0.357. The molecule has 0 spiro atoms. The van der Waals surface area contributed by atoms with Gasteiger partial charge in [-0.05, 0) is 60.7 Å². The van der Waals surface area contributed by atoms with E-state index in [2.05, 4.69) is 10.0 Å². The predicted octanol–water partition coefficient (Wildman–Crippen LogP) is 3.85. The smallest absolute Gasteiger partial charge is 0.336 e. The van der Waals surface area contributed by atoms with Crippen molar-refractivity contribution in [1.29, 1.82) is 0 Å². The van der Waals surface area contributed by atoms with Crippen LogP contribution in [0.4, 0.5) is 11.4 Å². The molecule has 8 heteroatoms. The first-order chi connectivity index (χ1) is 14.4. The number of carbonyl (C=O) groups is 1. The van der Waals surface area contributed by atoms with Gasteiger partial charge in [-0.25, -0.2) is 13.2 Å².